The Kier molecular flexibility index (Phi) is 4.57. The van der Waals surface area contributed by atoms with E-state index in [0.29, 0.717) is 36.1 Å². The zero-order valence-corrected chi connectivity index (χ0v) is 14.2. The summed E-state index contributed by atoms with van der Waals surface area (Å²) in [5.41, 5.74) is 2.14. The molecule has 7 heteroatoms. The molecule has 0 atom stereocenters. The minimum Gasteiger partial charge on any atom is -0.486 e. The van der Waals surface area contributed by atoms with Crippen molar-refractivity contribution in [1.82, 2.24) is 4.98 Å². The molecular weight excluding hydrogens is 349 g/mol. The van der Waals surface area contributed by atoms with Crippen LogP contribution in [-0.4, -0.2) is 24.1 Å². The molecule has 1 aliphatic heterocycles. The predicted octanol–water partition coefficient (Wildman–Crippen LogP) is 3.99. The Morgan fingerprint density at radius 1 is 0.926 bits per heavy atom. The molecule has 27 heavy (non-hydrogen) atoms. The number of carbonyl (C=O) groups excluding carboxylic acids is 1. The van der Waals surface area contributed by atoms with Crippen molar-refractivity contribution in [1.29, 1.82) is 0 Å². The Morgan fingerprint density at radius 2 is 1.74 bits per heavy atom. The van der Waals surface area contributed by atoms with E-state index >= 15 is 0 Å². The summed E-state index contributed by atoms with van der Waals surface area (Å²) in [6.45, 7) is 1.07. The lowest BCUT2D eigenvalue weighted by Gasteiger charge is -2.19. The molecule has 0 saturated heterocycles. The number of carbonyl (C=O) groups is 1. The molecule has 0 saturated carbocycles. The van der Waals surface area contributed by atoms with Gasteiger partial charge in [-0.05, 0) is 42.5 Å². The quantitative estimate of drug-likeness (QED) is 0.731. The van der Waals surface area contributed by atoms with Gasteiger partial charge in [0.05, 0.1) is 11.9 Å². The lowest BCUT2D eigenvalue weighted by atomic mass is 10.2. The Labute approximate surface area is 155 Å². The molecule has 1 aromatic heterocycles. The van der Waals surface area contributed by atoms with Gasteiger partial charge in [0, 0.05) is 17.4 Å². The molecule has 1 amide bonds. The monoisotopic (exact) mass is 365 g/mol. The molecule has 6 nitrogen and oxygen atoms in total. The summed E-state index contributed by atoms with van der Waals surface area (Å²) in [4.78, 5) is 16.4. The maximum Gasteiger partial charge on any atom is 0.274 e. The Balaban J connectivity index is 1.43. The second-order valence-electron chi connectivity index (χ2n) is 5.88. The summed E-state index contributed by atoms with van der Waals surface area (Å²) in [6.07, 6.45) is 1.55. The van der Waals surface area contributed by atoms with Gasteiger partial charge in [-0.15, -0.1) is 0 Å². The second-order valence-corrected chi connectivity index (χ2v) is 5.88. The molecule has 2 N–H and O–H groups in total. The summed E-state index contributed by atoms with van der Waals surface area (Å²) in [7, 11) is 0. The number of amides is 1. The van der Waals surface area contributed by atoms with Crippen molar-refractivity contribution in [3.8, 4) is 11.5 Å². The largest absolute Gasteiger partial charge is 0.486 e. The number of rotatable bonds is 4. The highest BCUT2D eigenvalue weighted by Crippen LogP contribution is 2.33. The van der Waals surface area contributed by atoms with E-state index in [2.05, 4.69) is 15.6 Å². The molecule has 1 aliphatic rings. The smallest absolute Gasteiger partial charge is 0.274 e. The van der Waals surface area contributed by atoms with Gasteiger partial charge in [0.1, 0.15) is 24.7 Å². The van der Waals surface area contributed by atoms with Crippen LogP contribution in [0.4, 0.5) is 21.5 Å². The topological polar surface area (TPSA) is 72.5 Å². The molecule has 2 heterocycles. The van der Waals surface area contributed by atoms with Crippen molar-refractivity contribution < 1.29 is 18.7 Å². The van der Waals surface area contributed by atoms with Crippen LogP contribution >= 0.6 is 0 Å². The summed E-state index contributed by atoms with van der Waals surface area (Å²) in [6, 6.07) is 14.6. The third-order valence-corrected chi connectivity index (χ3v) is 3.91. The number of halogens is 1. The highest BCUT2D eigenvalue weighted by Gasteiger charge is 2.12. The summed E-state index contributed by atoms with van der Waals surface area (Å²) in [5.74, 6) is 0.575. The number of aromatic nitrogens is 1. The van der Waals surface area contributed by atoms with Crippen molar-refractivity contribution in [3.05, 3.63) is 72.3 Å². The van der Waals surface area contributed by atoms with Gasteiger partial charge in [0.15, 0.2) is 11.5 Å². The van der Waals surface area contributed by atoms with Gasteiger partial charge in [-0.3, -0.25) is 4.79 Å². The molecule has 0 unspecified atom stereocenters. The van der Waals surface area contributed by atoms with Crippen LogP contribution in [0.5, 0.6) is 11.5 Å². The average Bonchev–Trinajstić information content (AvgIpc) is 2.68. The van der Waals surface area contributed by atoms with Crippen LogP contribution < -0.4 is 20.1 Å². The van der Waals surface area contributed by atoms with E-state index in [1.165, 1.54) is 18.2 Å². The lowest BCUT2D eigenvalue weighted by molar-refractivity contribution is 0.102. The number of benzene rings is 2. The van der Waals surface area contributed by atoms with Crippen LogP contribution in [0.2, 0.25) is 0 Å². The van der Waals surface area contributed by atoms with Crippen molar-refractivity contribution in [3.63, 3.8) is 0 Å². The zero-order valence-electron chi connectivity index (χ0n) is 14.2. The number of hydrogen-bond donors (Lipinski definition) is 2. The van der Waals surface area contributed by atoms with E-state index in [0.717, 1.165) is 5.69 Å². The lowest BCUT2D eigenvalue weighted by Crippen LogP contribution is -2.15. The fraction of sp³-hybridized carbons (Fsp3) is 0.100. The van der Waals surface area contributed by atoms with Crippen LogP contribution in [0.3, 0.4) is 0 Å². The first kappa shape index (κ1) is 16.8. The van der Waals surface area contributed by atoms with Crippen LogP contribution in [0.1, 0.15) is 10.5 Å². The number of anilines is 3. The molecule has 136 valence electrons. The molecule has 3 aromatic rings. The summed E-state index contributed by atoms with van der Waals surface area (Å²) < 4.78 is 24.2. The number of fused-ring (bicyclic) bond motifs is 1. The Morgan fingerprint density at radius 3 is 2.52 bits per heavy atom. The second kappa shape index (κ2) is 7.33. The van der Waals surface area contributed by atoms with E-state index in [4.69, 9.17) is 9.47 Å². The van der Waals surface area contributed by atoms with E-state index in [1.54, 1.807) is 24.4 Å². The first-order valence-electron chi connectivity index (χ1n) is 8.37. The van der Waals surface area contributed by atoms with E-state index < -0.39 is 11.7 Å². The number of nitrogens with zero attached hydrogens (tertiary/aromatic N) is 1. The van der Waals surface area contributed by atoms with Gasteiger partial charge < -0.3 is 20.1 Å². The van der Waals surface area contributed by atoms with Gasteiger partial charge in [-0.25, -0.2) is 9.37 Å². The molecule has 4 rings (SSSR count). The van der Waals surface area contributed by atoms with Gasteiger partial charge in [-0.2, -0.15) is 0 Å². The Bertz CT molecular complexity index is 976. The minimum atomic E-state index is -0.417. The standard InChI is InChI=1S/C20H16FN3O3/c21-13-2-1-3-14(10-13)24-20(25)17-6-4-16(12-22-17)23-15-5-7-18-19(11-15)27-9-8-26-18/h1-7,10-12,23H,8-9H2,(H,24,25). The SMILES string of the molecule is O=C(Nc1cccc(F)c1)c1ccc(Nc2ccc3c(c2)OCCO3)cn1. The predicted molar refractivity (Wildman–Crippen MR) is 99.3 cm³/mol. The molecule has 2 aromatic carbocycles. The molecule has 0 fully saturated rings. The molecule has 0 radical (unpaired) electrons. The number of nitrogens with one attached hydrogen (secondary N) is 2. The number of pyridine rings is 1. The van der Waals surface area contributed by atoms with Crippen molar-refractivity contribution in [2.45, 2.75) is 0 Å². The number of hydrogen-bond acceptors (Lipinski definition) is 5. The number of ether oxygens (including phenoxy) is 2. The normalized spacial score (nSPS) is 12.3. The zero-order chi connectivity index (χ0) is 18.6. The van der Waals surface area contributed by atoms with E-state index in [1.807, 2.05) is 18.2 Å². The average molecular weight is 365 g/mol. The van der Waals surface area contributed by atoms with Crippen LogP contribution in [0.25, 0.3) is 0 Å². The van der Waals surface area contributed by atoms with Crippen LogP contribution in [0.15, 0.2) is 60.8 Å². The third kappa shape index (κ3) is 3.98. The maximum absolute atomic E-state index is 13.2. The van der Waals surface area contributed by atoms with Crippen LogP contribution in [0, 0.1) is 5.82 Å². The molecule has 0 aliphatic carbocycles. The van der Waals surface area contributed by atoms with Crippen molar-refractivity contribution >= 4 is 23.0 Å². The summed E-state index contributed by atoms with van der Waals surface area (Å²) in [5, 5.41) is 5.81. The van der Waals surface area contributed by atoms with Crippen molar-refractivity contribution in [2.75, 3.05) is 23.8 Å². The molecule has 0 spiro atoms. The van der Waals surface area contributed by atoms with Gasteiger partial charge in [0.2, 0.25) is 0 Å². The first-order valence-corrected chi connectivity index (χ1v) is 8.37. The fourth-order valence-electron chi connectivity index (χ4n) is 2.65. The molecular formula is C20H16FN3O3. The van der Waals surface area contributed by atoms with Gasteiger partial charge >= 0.3 is 0 Å². The van der Waals surface area contributed by atoms with Gasteiger partial charge in [0.25, 0.3) is 5.91 Å². The fourth-order valence-corrected chi connectivity index (χ4v) is 2.65. The maximum atomic E-state index is 13.2. The first-order chi connectivity index (χ1) is 13.2. The third-order valence-electron chi connectivity index (χ3n) is 3.91. The highest BCUT2D eigenvalue weighted by atomic mass is 19.1. The van der Waals surface area contributed by atoms with E-state index in [-0.39, 0.29) is 5.69 Å². The summed E-state index contributed by atoms with van der Waals surface area (Å²) >= 11 is 0. The minimum absolute atomic E-state index is 0.229. The van der Waals surface area contributed by atoms with Crippen molar-refractivity contribution in [2.24, 2.45) is 0 Å². The molecule has 0 bridgehead atoms. The van der Waals surface area contributed by atoms with Gasteiger partial charge in [-0.1, -0.05) is 6.07 Å². The van der Waals surface area contributed by atoms with E-state index in [9.17, 15) is 9.18 Å². The highest BCUT2D eigenvalue weighted by molar-refractivity contribution is 6.02. The van der Waals surface area contributed by atoms with Crippen LogP contribution in [-0.2, 0) is 0 Å². The Hall–Kier alpha value is -3.61.